The third-order valence-electron chi connectivity index (χ3n) is 3.39. The zero-order chi connectivity index (χ0) is 14.7. The second-order valence-electron chi connectivity index (χ2n) is 4.91. The molecule has 2 aromatic rings. The second-order valence-corrected chi connectivity index (χ2v) is 4.91. The topological polar surface area (TPSA) is 44.1 Å². The fourth-order valence-corrected chi connectivity index (χ4v) is 2.21. The lowest BCUT2D eigenvalue weighted by molar-refractivity contribution is 0.0987. The Kier molecular flexibility index (Phi) is 4.23. The standard InChI is InChI=1S/C16H20N2O2/c1-5-12-9-13(18(3)17-12)10-15(19)14-8-11(2)6-7-16(14)20-4/h6-9H,5,10H2,1-4H3. The van der Waals surface area contributed by atoms with Gasteiger partial charge < -0.3 is 4.74 Å². The minimum atomic E-state index is 0.0520. The first-order valence-electron chi connectivity index (χ1n) is 6.74. The highest BCUT2D eigenvalue weighted by Crippen LogP contribution is 2.21. The molecule has 0 N–H and O–H groups in total. The van der Waals surface area contributed by atoms with Crippen LogP contribution in [0, 0.1) is 6.92 Å². The molecule has 1 aromatic carbocycles. The van der Waals surface area contributed by atoms with Crippen LogP contribution in [0.15, 0.2) is 24.3 Å². The lowest BCUT2D eigenvalue weighted by atomic mass is 10.0. The molecule has 0 spiro atoms. The first-order valence-corrected chi connectivity index (χ1v) is 6.74. The number of carbonyl (C=O) groups is 1. The monoisotopic (exact) mass is 272 g/mol. The number of benzene rings is 1. The van der Waals surface area contributed by atoms with E-state index in [0.717, 1.165) is 23.4 Å². The summed E-state index contributed by atoms with van der Waals surface area (Å²) in [5.74, 6) is 0.676. The van der Waals surface area contributed by atoms with E-state index < -0.39 is 0 Å². The van der Waals surface area contributed by atoms with Gasteiger partial charge in [0, 0.05) is 12.7 Å². The first-order chi connectivity index (χ1) is 9.55. The Morgan fingerprint density at radius 3 is 2.70 bits per heavy atom. The van der Waals surface area contributed by atoms with Crippen LogP contribution in [-0.2, 0) is 19.9 Å². The lowest BCUT2D eigenvalue weighted by Gasteiger charge is -2.08. The number of aryl methyl sites for hydroxylation is 3. The molecule has 0 amide bonds. The third-order valence-corrected chi connectivity index (χ3v) is 3.39. The molecule has 0 saturated heterocycles. The van der Waals surface area contributed by atoms with Crippen molar-refractivity contribution in [2.24, 2.45) is 7.05 Å². The third kappa shape index (κ3) is 2.90. The summed E-state index contributed by atoms with van der Waals surface area (Å²) in [6, 6.07) is 7.64. The fraction of sp³-hybridized carbons (Fsp3) is 0.375. The van der Waals surface area contributed by atoms with Crippen molar-refractivity contribution in [1.82, 2.24) is 9.78 Å². The molecule has 0 aliphatic carbocycles. The number of Topliss-reactive ketones (excluding diaryl/α,β-unsaturated/α-hetero) is 1. The Morgan fingerprint density at radius 1 is 1.35 bits per heavy atom. The summed E-state index contributed by atoms with van der Waals surface area (Å²) in [5, 5.41) is 4.37. The molecule has 0 fully saturated rings. The summed E-state index contributed by atoms with van der Waals surface area (Å²) in [6.07, 6.45) is 1.21. The van der Waals surface area contributed by atoms with E-state index in [2.05, 4.69) is 12.0 Å². The van der Waals surface area contributed by atoms with E-state index in [1.165, 1.54) is 0 Å². The van der Waals surface area contributed by atoms with Crippen molar-refractivity contribution in [3.63, 3.8) is 0 Å². The van der Waals surface area contributed by atoms with Gasteiger partial charge in [-0.1, -0.05) is 18.6 Å². The summed E-state index contributed by atoms with van der Waals surface area (Å²) in [5.41, 5.74) is 3.61. The Hall–Kier alpha value is -2.10. The van der Waals surface area contributed by atoms with Crippen molar-refractivity contribution in [3.05, 3.63) is 46.8 Å². The van der Waals surface area contributed by atoms with Gasteiger partial charge in [0.15, 0.2) is 5.78 Å². The van der Waals surface area contributed by atoms with Gasteiger partial charge in [0.25, 0.3) is 0 Å². The molecule has 106 valence electrons. The van der Waals surface area contributed by atoms with Crippen molar-refractivity contribution in [2.45, 2.75) is 26.7 Å². The Balaban J connectivity index is 2.27. The van der Waals surface area contributed by atoms with Crippen LogP contribution in [0.4, 0.5) is 0 Å². The fourth-order valence-electron chi connectivity index (χ4n) is 2.21. The number of carbonyl (C=O) groups excluding carboxylic acids is 1. The maximum absolute atomic E-state index is 12.5. The predicted molar refractivity (Wildman–Crippen MR) is 78.4 cm³/mol. The van der Waals surface area contributed by atoms with Crippen LogP contribution in [0.1, 0.15) is 34.2 Å². The zero-order valence-electron chi connectivity index (χ0n) is 12.4. The number of hydrogen-bond acceptors (Lipinski definition) is 3. The summed E-state index contributed by atoms with van der Waals surface area (Å²) >= 11 is 0. The summed E-state index contributed by atoms with van der Waals surface area (Å²) in [7, 11) is 3.45. The van der Waals surface area contributed by atoms with E-state index in [0.29, 0.717) is 17.7 Å². The van der Waals surface area contributed by atoms with E-state index >= 15 is 0 Å². The normalized spacial score (nSPS) is 10.6. The second kappa shape index (κ2) is 5.90. The largest absolute Gasteiger partial charge is 0.496 e. The number of nitrogens with zero attached hydrogens (tertiary/aromatic N) is 2. The number of ketones is 1. The van der Waals surface area contributed by atoms with E-state index in [1.807, 2.05) is 38.2 Å². The first kappa shape index (κ1) is 14.3. The van der Waals surface area contributed by atoms with Gasteiger partial charge in [0.1, 0.15) is 5.75 Å². The van der Waals surface area contributed by atoms with E-state index in [-0.39, 0.29) is 5.78 Å². The molecule has 0 radical (unpaired) electrons. The Morgan fingerprint density at radius 2 is 2.10 bits per heavy atom. The van der Waals surface area contributed by atoms with Crippen molar-refractivity contribution < 1.29 is 9.53 Å². The van der Waals surface area contributed by atoms with Crippen LogP contribution in [0.3, 0.4) is 0 Å². The Labute approximate surface area is 119 Å². The van der Waals surface area contributed by atoms with Crippen molar-refractivity contribution in [2.75, 3.05) is 7.11 Å². The molecule has 4 heteroatoms. The maximum atomic E-state index is 12.5. The molecule has 0 atom stereocenters. The summed E-state index contributed by atoms with van der Waals surface area (Å²) in [6.45, 7) is 4.02. The molecule has 1 heterocycles. The number of rotatable bonds is 5. The van der Waals surface area contributed by atoms with E-state index in [1.54, 1.807) is 11.8 Å². The number of methoxy groups -OCH3 is 1. The molecule has 2 rings (SSSR count). The molecule has 1 aromatic heterocycles. The van der Waals surface area contributed by atoms with Gasteiger partial charge in [-0.2, -0.15) is 5.10 Å². The molecule has 0 saturated carbocycles. The average Bonchev–Trinajstić information content (AvgIpc) is 2.79. The van der Waals surface area contributed by atoms with Gasteiger partial charge in [-0.25, -0.2) is 0 Å². The van der Waals surface area contributed by atoms with Crippen LogP contribution in [-0.4, -0.2) is 22.7 Å². The highest BCUT2D eigenvalue weighted by atomic mass is 16.5. The van der Waals surface area contributed by atoms with Crippen molar-refractivity contribution >= 4 is 5.78 Å². The maximum Gasteiger partial charge on any atom is 0.172 e. The summed E-state index contributed by atoms with van der Waals surface area (Å²) < 4.78 is 7.05. The Bertz CT molecular complexity index is 629. The van der Waals surface area contributed by atoms with Crippen molar-refractivity contribution in [1.29, 1.82) is 0 Å². The summed E-state index contributed by atoms with van der Waals surface area (Å²) in [4.78, 5) is 12.5. The van der Waals surface area contributed by atoms with Gasteiger partial charge in [-0.15, -0.1) is 0 Å². The van der Waals surface area contributed by atoms with Gasteiger partial charge >= 0.3 is 0 Å². The molecule has 0 aliphatic heterocycles. The van der Waals surface area contributed by atoms with Crippen molar-refractivity contribution in [3.8, 4) is 5.75 Å². The molecule has 4 nitrogen and oxygen atoms in total. The minimum Gasteiger partial charge on any atom is -0.496 e. The quantitative estimate of drug-likeness (QED) is 0.786. The van der Waals surface area contributed by atoms with Gasteiger partial charge in [0.2, 0.25) is 0 Å². The van der Waals surface area contributed by atoms with E-state index in [4.69, 9.17) is 4.74 Å². The molecule has 0 bridgehead atoms. The molecule has 0 aliphatic rings. The van der Waals surface area contributed by atoms with Gasteiger partial charge in [-0.3, -0.25) is 9.48 Å². The SMILES string of the molecule is CCc1cc(CC(=O)c2cc(C)ccc2OC)n(C)n1. The smallest absolute Gasteiger partial charge is 0.172 e. The highest BCUT2D eigenvalue weighted by Gasteiger charge is 2.15. The van der Waals surface area contributed by atoms with Crippen LogP contribution in [0.2, 0.25) is 0 Å². The average molecular weight is 272 g/mol. The molecule has 20 heavy (non-hydrogen) atoms. The molecule has 0 unspecified atom stereocenters. The number of ether oxygens (including phenoxy) is 1. The van der Waals surface area contributed by atoms with Crippen LogP contribution in [0.25, 0.3) is 0 Å². The van der Waals surface area contributed by atoms with Gasteiger partial charge in [-0.05, 0) is 31.5 Å². The highest BCUT2D eigenvalue weighted by molar-refractivity contribution is 6.00. The minimum absolute atomic E-state index is 0.0520. The number of aromatic nitrogens is 2. The van der Waals surface area contributed by atoms with Crippen LogP contribution >= 0.6 is 0 Å². The van der Waals surface area contributed by atoms with Crippen LogP contribution in [0.5, 0.6) is 5.75 Å². The number of hydrogen-bond donors (Lipinski definition) is 0. The molecular formula is C16H20N2O2. The van der Waals surface area contributed by atoms with Gasteiger partial charge in [0.05, 0.1) is 24.8 Å². The zero-order valence-corrected chi connectivity index (χ0v) is 12.4. The van der Waals surface area contributed by atoms with Crippen LogP contribution < -0.4 is 4.74 Å². The van der Waals surface area contributed by atoms with E-state index in [9.17, 15) is 4.79 Å². The lowest BCUT2D eigenvalue weighted by Crippen LogP contribution is -2.09. The predicted octanol–water partition coefficient (Wildman–Crippen LogP) is 2.72. The molecular weight excluding hydrogens is 252 g/mol.